The fraction of sp³-hybridized carbons (Fsp3) is 0.600. The van der Waals surface area contributed by atoms with Gasteiger partial charge in [0, 0.05) is 6.04 Å². The lowest BCUT2D eigenvalue weighted by Crippen LogP contribution is -2.44. The average Bonchev–Trinajstić information content (AvgIpc) is 3.31. The van der Waals surface area contributed by atoms with Crippen molar-refractivity contribution in [3.05, 3.63) is 28.2 Å². The third-order valence-corrected chi connectivity index (χ3v) is 8.33. The quantitative estimate of drug-likeness (QED) is 0.561. The lowest BCUT2D eigenvalue weighted by molar-refractivity contribution is -0.150. The van der Waals surface area contributed by atoms with Crippen LogP contribution >= 0.6 is 23.2 Å². The van der Waals surface area contributed by atoms with E-state index in [1.807, 2.05) is 6.92 Å². The van der Waals surface area contributed by atoms with E-state index in [2.05, 4.69) is 10.0 Å². The number of rotatable bonds is 8. The molecule has 0 aliphatic heterocycles. The molecule has 0 radical (unpaired) electrons. The number of hydrogen-bond acceptors (Lipinski definition) is 5. The molecule has 2 aliphatic carbocycles. The van der Waals surface area contributed by atoms with E-state index in [-0.39, 0.29) is 21.0 Å². The van der Waals surface area contributed by atoms with Crippen molar-refractivity contribution in [2.75, 3.05) is 6.61 Å². The Balaban J connectivity index is 1.46. The third kappa shape index (κ3) is 5.46. The highest BCUT2D eigenvalue weighted by Crippen LogP contribution is 2.49. The van der Waals surface area contributed by atoms with Crippen molar-refractivity contribution in [1.29, 1.82) is 0 Å². The number of carbonyl (C=O) groups excluding carboxylic acids is 2. The summed E-state index contributed by atoms with van der Waals surface area (Å²) in [5.41, 5.74) is 0. The van der Waals surface area contributed by atoms with E-state index in [1.54, 1.807) is 0 Å². The molecule has 2 fully saturated rings. The molecule has 7 nitrogen and oxygen atoms in total. The summed E-state index contributed by atoms with van der Waals surface area (Å²) in [5.74, 6) is 0.685. The Labute approximate surface area is 186 Å². The standard InChI is InChI=1S/C20H26Cl2N2O5S/c1-11(16-8-13-3-4-14(16)7-13)23-19(25)10-29-20(26)12(2)24-30(27,28)15-5-6-17(21)18(22)9-15/h5-6,9,11-14,16,24H,3-4,7-8,10H2,1-2H3,(H,23,25)/t11?,12-,13?,14?,16?/m0/s1. The maximum absolute atomic E-state index is 12.4. The number of esters is 1. The minimum absolute atomic E-state index is 0.0251. The fourth-order valence-electron chi connectivity index (χ4n) is 4.56. The Bertz CT molecular complexity index is 924. The molecule has 5 atom stereocenters. The van der Waals surface area contributed by atoms with Crippen LogP contribution in [0.1, 0.15) is 39.5 Å². The summed E-state index contributed by atoms with van der Waals surface area (Å²) in [5, 5.41) is 3.20. The van der Waals surface area contributed by atoms with Crippen LogP contribution in [0.4, 0.5) is 0 Å². The number of fused-ring (bicyclic) bond motifs is 2. The first-order valence-electron chi connectivity index (χ1n) is 10.00. The summed E-state index contributed by atoms with van der Waals surface area (Å²) in [6, 6.07) is 2.66. The SMILES string of the molecule is CC(NC(=O)COC(=O)[C@H](C)NS(=O)(=O)c1ccc(Cl)c(Cl)c1)C1CC2CCC1C2. The number of amides is 1. The van der Waals surface area contributed by atoms with Gasteiger partial charge in [0.15, 0.2) is 6.61 Å². The second-order valence-corrected chi connectivity index (χ2v) is 10.7. The summed E-state index contributed by atoms with van der Waals surface area (Å²) in [6.07, 6.45) is 4.90. The van der Waals surface area contributed by atoms with Crippen LogP contribution in [0, 0.1) is 17.8 Å². The van der Waals surface area contributed by atoms with E-state index < -0.39 is 34.5 Å². The van der Waals surface area contributed by atoms with Gasteiger partial charge >= 0.3 is 5.97 Å². The predicted octanol–water partition coefficient (Wildman–Crippen LogP) is 3.14. The number of ether oxygens (including phenoxy) is 1. The van der Waals surface area contributed by atoms with Gasteiger partial charge in [-0.25, -0.2) is 8.42 Å². The summed E-state index contributed by atoms with van der Waals surface area (Å²) in [7, 11) is -4.01. The Morgan fingerprint density at radius 1 is 1.17 bits per heavy atom. The first-order chi connectivity index (χ1) is 14.1. The molecule has 4 unspecified atom stereocenters. The number of hydrogen-bond donors (Lipinski definition) is 2. The Morgan fingerprint density at radius 3 is 2.50 bits per heavy atom. The molecule has 1 aromatic carbocycles. The smallest absolute Gasteiger partial charge is 0.324 e. The zero-order valence-corrected chi connectivity index (χ0v) is 19.2. The summed E-state index contributed by atoms with van der Waals surface area (Å²) in [6.45, 7) is 2.87. The van der Waals surface area contributed by atoms with Crippen molar-refractivity contribution in [1.82, 2.24) is 10.0 Å². The predicted molar refractivity (Wildman–Crippen MR) is 114 cm³/mol. The summed E-state index contributed by atoms with van der Waals surface area (Å²) in [4.78, 5) is 24.2. The monoisotopic (exact) mass is 476 g/mol. The highest BCUT2D eigenvalue weighted by atomic mass is 35.5. The molecule has 3 rings (SSSR count). The molecule has 0 heterocycles. The molecular formula is C20H26Cl2N2O5S. The second-order valence-electron chi connectivity index (χ2n) is 8.22. The van der Waals surface area contributed by atoms with E-state index in [4.69, 9.17) is 27.9 Å². The molecule has 2 aliphatic rings. The molecule has 2 bridgehead atoms. The van der Waals surface area contributed by atoms with Crippen LogP contribution in [0.2, 0.25) is 10.0 Å². The summed E-state index contributed by atoms with van der Waals surface area (Å²) < 4.78 is 32.0. The molecule has 2 saturated carbocycles. The van der Waals surface area contributed by atoms with E-state index >= 15 is 0 Å². The van der Waals surface area contributed by atoms with Gasteiger partial charge < -0.3 is 10.1 Å². The van der Waals surface area contributed by atoms with Crippen molar-refractivity contribution in [2.24, 2.45) is 17.8 Å². The average molecular weight is 477 g/mol. The van der Waals surface area contributed by atoms with Gasteiger partial charge in [-0.1, -0.05) is 29.6 Å². The molecular weight excluding hydrogens is 451 g/mol. The largest absolute Gasteiger partial charge is 0.454 e. The van der Waals surface area contributed by atoms with E-state index in [9.17, 15) is 18.0 Å². The Morgan fingerprint density at radius 2 is 1.90 bits per heavy atom. The maximum Gasteiger partial charge on any atom is 0.324 e. The van der Waals surface area contributed by atoms with E-state index in [1.165, 1.54) is 44.4 Å². The van der Waals surface area contributed by atoms with E-state index in [0.717, 1.165) is 12.3 Å². The number of halogens is 2. The third-order valence-electron chi connectivity index (χ3n) is 6.06. The number of sulfonamides is 1. The molecule has 1 aromatic rings. The zero-order valence-electron chi connectivity index (χ0n) is 16.9. The number of benzene rings is 1. The van der Waals surface area contributed by atoms with Gasteiger partial charge in [0.1, 0.15) is 6.04 Å². The summed E-state index contributed by atoms with van der Waals surface area (Å²) >= 11 is 11.6. The van der Waals surface area contributed by atoms with Gasteiger partial charge in [0.05, 0.1) is 14.9 Å². The van der Waals surface area contributed by atoms with Gasteiger partial charge in [0.25, 0.3) is 5.91 Å². The number of nitrogens with one attached hydrogen (secondary N) is 2. The molecule has 0 aromatic heterocycles. The molecule has 1 amide bonds. The van der Waals surface area contributed by atoms with Crippen LogP contribution < -0.4 is 10.0 Å². The molecule has 30 heavy (non-hydrogen) atoms. The normalized spacial score (nSPS) is 25.0. The van der Waals surface area contributed by atoms with Gasteiger partial charge in [-0.3, -0.25) is 9.59 Å². The number of carbonyl (C=O) groups is 2. The van der Waals surface area contributed by atoms with Crippen molar-refractivity contribution < 1.29 is 22.7 Å². The van der Waals surface area contributed by atoms with Crippen LogP contribution in [0.3, 0.4) is 0 Å². The highest BCUT2D eigenvalue weighted by Gasteiger charge is 2.42. The van der Waals surface area contributed by atoms with Gasteiger partial charge in [0.2, 0.25) is 10.0 Å². The van der Waals surface area contributed by atoms with Crippen molar-refractivity contribution in [3.8, 4) is 0 Å². The van der Waals surface area contributed by atoms with Gasteiger partial charge in [-0.15, -0.1) is 0 Å². The van der Waals surface area contributed by atoms with Crippen LogP contribution in [0.15, 0.2) is 23.1 Å². The molecule has 2 N–H and O–H groups in total. The lowest BCUT2D eigenvalue weighted by atomic mass is 9.84. The minimum atomic E-state index is -4.01. The molecule has 166 valence electrons. The van der Waals surface area contributed by atoms with Crippen molar-refractivity contribution in [2.45, 2.75) is 56.5 Å². The van der Waals surface area contributed by atoms with Gasteiger partial charge in [-0.05, 0) is 69.1 Å². The lowest BCUT2D eigenvalue weighted by Gasteiger charge is -2.28. The molecule has 10 heteroatoms. The molecule has 0 spiro atoms. The highest BCUT2D eigenvalue weighted by molar-refractivity contribution is 7.89. The van der Waals surface area contributed by atoms with Crippen LogP contribution in [-0.4, -0.2) is 39.0 Å². The molecule has 0 saturated heterocycles. The first kappa shape index (κ1) is 23.3. The fourth-order valence-corrected chi connectivity index (χ4v) is 6.14. The topological polar surface area (TPSA) is 102 Å². The van der Waals surface area contributed by atoms with Crippen molar-refractivity contribution >= 4 is 45.1 Å². The zero-order chi connectivity index (χ0) is 22.1. The van der Waals surface area contributed by atoms with Crippen LogP contribution in [-0.2, 0) is 24.3 Å². The minimum Gasteiger partial charge on any atom is -0.454 e. The first-order valence-corrected chi connectivity index (χ1v) is 12.2. The Hall–Kier alpha value is -1.35. The second kappa shape index (κ2) is 9.42. The Kier molecular flexibility index (Phi) is 7.32. The van der Waals surface area contributed by atoms with Gasteiger partial charge in [-0.2, -0.15) is 4.72 Å². The maximum atomic E-state index is 12.4. The van der Waals surface area contributed by atoms with Crippen LogP contribution in [0.5, 0.6) is 0 Å². The van der Waals surface area contributed by atoms with Crippen LogP contribution in [0.25, 0.3) is 0 Å². The van der Waals surface area contributed by atoms with E-state index in [0.29, 0.717) is 11.8 Å². The van der Waals surface area contributed by atoms with Crippen molar-refractivity contribution in [3.63, 3.8) is 0 Å².